The first-order valence-corrected chi connectivity index (χ1v) is 8.23. The third-order valence-electron chi connectivity index (χ3n) is 4.55. The van der Waals surface area contributed by atoms with Crippen LogP contribution in [0.2, 0.25) is 0 Å². The molecule has 0 atom stereocenters. The third-order valence-corrected chi connectivity index (χ3v) is 5.29. The predicted octanol–water partition coefficient (Wildman–Crippen LogP) is 5.16. The smallest absolute Gasteiger partial charge is 0.140 e. The number of hydrogen-bond acceptors (Lipinski definition) is 1. The van der Waals surface area contributed by atoms with E-state index in [4.69, 9.17) is 0 Å². The van der Waals surface area contributed by atoms with Gasteiger partial charge in [0.1, 0.15) is 11.6 Å². The van der Waals surface area contributed by atoms with E-state index >= 15 is 0 Å². The molecule has 20 heavy (non-hydrogen) atoms. The van der Waals surface area contributed by atoms with Gasteiger partial charge in [0.15, 0.2) is 0 Å². The molecule has 0 unspecified atom stereocenters. The minimum atomic E-state index is -0.273. The lowest BCUT2D eigenvalue weighted by atomic mass is 9.75. The van der Waals surface area contributed by atoms with Gasteiger partial charge in [0, 0.05) is 16.8 Å². The Morgan fingerprint density at radius 3 is 2.50 bits per heavy atom. The molecule has 1 aromatic rings. The molecule has 1 saturated carbocycles. The van der Waals surface area contributed by atoms with Crippen molar-refractivity contribution < 1.29 is 9.18 Å². The van der Waals surface area contributed by atoms with E-state index in [9.17, 15) is 9.18 Å². The van der Waals surface area contributed by atoms with Crippen LogP contribution in [0.15, 0.2) is 22.7 Å². The molecule has 0 heterocycles. The van der Waals surface area contributed by atoms with Gasteiger partial charge in [-0.05, 0) is 55.2 Å². The molecule has 1 aliphatic rings. The lowest BCUT2D eigenvalue weighted by Crippen LogP contribution is -2.25. The highest BCUT2D eigenvalue weighted by molar-refractivity contribution is 9.10. The Balaban J connectivity index is 1.93. The Bertz CT molecular complexity index is 476. The quantitative estimate of drug-likeness (QED) is 0.739. The van der Waals surface area contributed by atoms with E-state index in [1.807, 2.05) is 0 Å². The van der Waals surface area contributed by atoms with Crippen LogP contribution >= 0.6 is 15.9 Å². The van der Waals surface area contributed by atoms with Gasteiger partial charge in [-0.25, -0.2) is 4.39 Å². The molecular formula is C17H22BrFO. The van der Waals surface area contributed by atoms with Crippen molar-refractivity contribution in [2.75, 3.05) is 0 Å². The van der Waals surface area contributed by atoms with Crippen molar-refractivity contribution >= 4 is 21.7 Å². The van der Waals surface area contributed by atoms with Crippen LogP contribution in [0.25, 0.3) is 0 Å². The Labute approximate surface area is 129 Å². The summed E-state index contributed by atoms with van der Waals surface area (Å²) in [7, 11) is 0. The molecule has 2 rings (SSSR count). The Morgan fingerprint density at radius 2 is 1.95 bits per heavy atom. The van der Waals surface area contributed by atoms with Crippen LogP contribution in [-0.2, 0) is 11.2 Å². The number of halogens is 2. The summed E-state index contributed by atoms with van der Waals surface area (Å²) in [6, 6.07) is 4.55. The fraction of sp³-hybridized carbons (Fsp3) is 0.588. The van der Waals surface area contributed by atoms with Gasteiger partial charge in [0.25, 0.3) is 0 Å². The van der Waals surface area contributed by atoms with E-state index in [0.717, 1.165) is 30.2 Å². The lowest BCUT2D eigenvalue weighted by Gasteiger charge is -2.30. The van der Waals surface area contributed by atoms with Crippen LogP contribution in [0.3, 0.4) is 0 Å². The maximum absolute atomic E-state index is 13.0. The summed E-state index contributed by atoms with van der Waals surface area (Å²) in [6.07, 6.45) is 4.77. The molecule has 0 bridgehead atoms. The Hall–Kier alpha value is -0.700. The van der Waals surface area contributed by atoms with Gasteiger partial charge < -0.3 is 0 Å². The predicted molar refractivity (Wildman–Crippen MR) is 83.1 cm³/mol. The fourth-order valence-electron chi connectivity index (χ4n) is 3.10. The largest absolute Gasteiger partial charge is 0.299 e. The third kappa shape index (κ3) is 3.91. The molecule has 1 aromatic carbocycles. The minimum absolute atomic E-state index is 0.196. The molecule has 110 valence electrons. The number of Topliss-reactive ketones (excluding diaryl/α,β-unsaturated/α-hetero) is 1. The topological polar surface area (TPSA) is 17.1 Å². The maximum Gasteiger partial charge on any atom is 0.140 e. The summed E-state index contributed by atoms with van der Waals surface area (Å²) in [6.45, 7) is 4.53. The molecule has 0 N–H and O–H groups in total. The maximum atomic E-state index is 13.0. The van der Waals surface area contributed by atoms with Crippen LogP contribution in [0.5, 0.6) is 0 Å². The summed E-state index contributed by atoms with van der Waals surface area (Å²) >= 11 is 3.34. The van der Waals surface area contributed by atoms with Crippen molar-refractivity contribution in [3.63, 3.8) is 0 Å². The molecular weight excluding hydrogens is 319 g/mol. The highest BCUT2D eigenvalue weighted by atomic mass is 79.9. The van der Waals surface area contributed by atoms with E-state index in [-0.39, 0.29) is 11.7 Å². The number of carbonyl (C=O) groups excluding carboxylic acids is 1. The highest BCUT2D eigenvalue weighted by Gasteiger charge is 2.27. The SMILES string of the molecule is CC(C)C1CCC(C(=O)Cc2ccc(F)cc2Br)CC1. The molecule has 1 aliphatic carbocycles. The van der Waals surface area contributed by atoms with Crippen molar-refractivity contribution in [3.05, 3.63) is 34.1 Å². The monoisotopic (exact) mass is 340 g/mol. The summed E-state index contributed by atoms with van der Waals surface area (Å²) in [5.41, 5.74) is 0.891. The lowest BCUT2D eigenvalue weighted by molar-refractivity contribution is -0.123. The van der Waals surface area contributed by atoms with Crippen LogP contribution < -0.4 is 0 Å². The summed E-state index contributed by atoms with van der Waals surface area (Å²) < 4.78 is 13.7. The first kappa shape index (κ1) is 15.7. The van der Waals surface area contributed by atoms with Gasteiger partial charge in [-0.3, -0.25) is 4.79 Å². The number of rotatable bonds is 4. The van der Waals surface area contributed by atoms with E-state index < -0.39 is 0 Å². The highest BCUT2D eigenvalue weighted by Crippen LogP contribution is 2.34. The molecule has 0 radical (unpaired) electrons. The van der Waals surface area contributed by atoms with E-state index in [1.165, 1.54) is 25.0 Å². The second kappa shape index (κ2) is 6.84. The van der Waals surface area contributed by atoms with Gasteiger partial charge in [0.2, 0.25) is 0 Å². The van der Waals surface area contributed by atoms with Gasteiger partial charge in [0.05, 0.1) is 0 Å². The number of ketones is 1. The molecule has 3 heteroatoms. The first-order chi connectivity index (χ1) is 9.47. The molecule has 1 nitrogen and oxygen atoms in total. The fourth-order valence-corrected chi connectivity index (χ4v) is 3.60. The normalized spacial score (nSPS) is 23.1. The second-order valence-corrected chi connectivity index (χ2v) is 7.09. The summed E-state index contributed by atoms with van der Waals surface area (Å²) in [4.78, 5) is 12.4. The van der Waals surface area contributed by atoms with Gasteiger partial charge in [-0.2, -0.15) is 0 Å². The minimum Gasteiger partial charge on any atom is -0.299 e. The molecule has 0 saturated heterocycles. The van der Waals surface area contributed by atoms with Crippen LogP contribution in [-0.4, -0.2) is 5.78 Å². The Kier molecular flexibility index (Phi) is 5.36. The summed E-state index contributed by atoms with van der Waals surface area (Å²) in [5.74, 6) is 1.72. The molecule has 0 spiro atoms. The van der Waals surface area contributed by atoms with Crippen molar-refractivity contribution in [1.82, 2.24) is 0 Å². The van der Waals surface area contributed by atoms with Gasteiger partial charge >= 0.3 is 0 Å². The van der Waals surface area contributed by atoms with Crippen molar-refractivity contribution in [3.8, 4) is 0 Å². The number of carbonyl (C=O) groups is 1. The first-order valence-electron chi connectivity index (χ1n) is 7.44. The zero-order valence-corrected chi connectivity index (χ0v) is 13.7. The van der Waals surface area contributed by atoms with Crippen molar-refractivity contribution in [2.45, 2.75) is 46.0 Å². The number of benzene rings is 1. The van der Waals surface area contributed by atoms with Gasteiger partial charge in [-0.15, -0.1) is 0 Å². The molecule has 0 amide bonds. The average molecular weight is 341 g/mol. The Morgan fingerprint density at radius 1 is 1.30 bits per heavy atom. The molecule has 1 fully saturated rings. The van der Waals surface area contributed by atoms with Crippen LogP contribution in [0.4, 0.5) is 4.39 Å². The van der Waals surface area contributed by atoms with Crippen LogP contribution in [0, 0.1) is 23.6 Å². The number of hydrogen-bond donors (Lipinski definition) is 0. The second-order valence-electron chi connectivity index (χ2n) is 6.23. The van der Waals surface area contributed by atoms with E-state index in [0.29, 0.717) is 16.7 Å². The standard InChI is InChI=1S/C17H22BrFO/c1-11(2)12-3-5-13(6-4-12)17(20)9-14-7-8-15(19)10-16(14)18/h7-8,10-13H,3-6,9H2,1-2H3. The summed E-state index contributed by atoms with van der Waals surface area (Å²) in [5, 5.41) is 0. The van der Waals surface area contributed by atoms with Crippen molar-refractivity contribution in [2.24, 2.45) is 17.8 Å². The zero-order chi connectivity index (χ0) is 14.7. The van der Waals surface area contributed by atoms with Gasteiger partial charge in [-0.1, -0.05) is 35.8 Å². The van der Waals surface area contributed by atoms with Crippen molar-refractivity contribution in [1.29, 1.82) is 0 Å². The molecule has 0 aromatic heterocycles. The van der Waals surface area contributed by atoms with Crippen LogP contribution in [0.1, 0.15) is 45.1 Å². The van der Waals surface area contributed by atoms with E-state index in [2.05, 4.69) is 29.8 Å². The average Bonchev–Trinajstić information content (AvgIpc) is 2.42. The molecule has 0 aliphatic heterocycles. The van der Waals surface area contributed by atoms with E-state index in [1.54, 1.807) is 6.07 Å². The zero-order valence-electron chi connectivity index (χ0n) is 12.2.